The van der Waals surface area contributed by atoms with E-state index >= 15 is 0 Å². The summed E-state index contributed by atoms with van der Waals surface area (Å²) >= 11 is 0. The van der Waals surface area contributed by atoms with Gasteiger partial charge in [-0.1, -0.05) is 12.1 Å². The third-order valence-electron chi connectivity index (χ3n) is 5.11. The molecule has 0 radical (unpaired) electrons. The number of hydrogen-bond donors (Lipinski definition) is 2. The number of rotatable bonds is 8. The lowest BCUT2D eigenvalue weighted by molar-refractivity contribution is -0.147. The van der Waals surface area contributed by atoms with Crippen molar-refractivity contribution in [1.29, 1.82) is 0 Å². The van der Waals surface area contributed by atoms with E-state index < -0.39 is 29.0 Å². The maximum atomic E-state index is 13.1. The Morgan fingerprint density at radius 2 is 1.79 bits per heavy atom. The van der Waals surface area contributed by atoms with Gasteiger partial charge in [0.05, 0.1) is 36.7 Å². The average molecular weight is 453 g/mol. The zero-order chi connectivity index (χ0) is 24.1. The van der Waals surface area contributed by atoms with Crippen LogP contribution in [0.1, 0.15) is 49.2 Å². The Hall–Kier alpha value is -3.88. The van der Waals surface area contributed by atoms with Crippen LogP contribution in [0.3, 0.4) is 0 Å². The Morgan fingerprint density at radius 1 is 1.09 bits per heavy atom. The van der Waals surface area contributed by atoms with Gasteiger partial charge in [0.2, 0.25) is 0 Å². The largest absolute Gasteiger partial charge is 0.497 e. The van der Waals surface area contributed by atoms with Crippen LogP contribution in [0.4, 0.5) is 0 Å². The molecule has 0 aliphatic carbocycles. The zero-order valence-electron chi connectivity index (χ0n) is 19.0. The maximum Gasteiger partial charge on any atom is 0.316 e. The molecule has 2 aromatic carbocycles. The number of benzene rings is 2. The highest BCUT2D eigenvalue weighted by atomic mass is 16.5. The molecule has 174 valence electrons. The third-order valence-corrected chi connectivity index (χ3v) is 5.11. The number of hydrogen-bond acceptors (Lipinski definition) is 6. The number of ether oxygens (including phenoxy) is 2. The summed E-state index contributed by atoms with van der Waals surface area (Å²) in [5, 5.41) is 2.87. The number of methoxy groups -OCH3 is 1. The first-order valence-electron chi connectivity index (χ1n) is 10.6. The lowest BCUT2D eigenvalue weighted by Gasteiger charge is -2.20. The normalized spacial score (nSPS) is 11.9. The summed E-state index contributed by atoms with van der Waals surface area (Å²) in [5.41, 5.74) is 0.467. The van der Waals surface area contributed by atoms with E-state index in [0.29, 0.717) is 28.9 Å². The number of nitrogens with one attached hydrogen (secondary N) is 2. The first-order chi connectivity index (χ1) is 15.7. The highest BCUT2D eigenvalue weighted by molar-refractivity contribution is 5.97. The molecule has 1 unspecified atom stereocenters. The van der Waals surface area contributed by atoms with Crippen molar-refractivity contribution in [3.05, 3.63) is 74.3 Å². The fraction of sp³-hybridized carbons (Fsp3) is 0.333. The molecule has 0 bridgehead atoms. The summed E-state index contributed by atoms with van der Waals surface area (Å²) in [6.07, 6.45) is -0.339. The van der Waals surface area contributed by atoms with Crippen LogP contribution in [-0.2, 0) is 16.1 Å². The molecule has 9 nitrogen and oxygen atoms in total. The predicted octanol–water partition coefficient (Wildman–Crippen LogP) is 2.53. The number of H-pyrrole nitrogens is 1. The van der Waals surface area contributed by atoms with E-state index in [-0.39, 0.29) is 18.1 Å². The van der Waals surface area contributed by atoms with Crippen LogP contribution in [-0.4, -0.2) is 34.6 Å². The van der Waals surface area contributed by atoms with Crippen LogP contribution < -0.4 is 21.2 Å². The second-order valence-corrected chi connectivity index (χ2v) is 7.78. The van der Waals surface area contributed by atoms with E-state index in [1.165, 1.54) is 10.6 Å². The molecule has 0 saturated carbocycles. The standard InChI is InChI=1S/C24H27N3O6/c1-5-27-20-11-8-16(12-19(20)26-23(30)24(27)31)22(29)25-18(13-21(28)33-14(2)3)15-6-9-17(32-4)10-7-15/h6-12,14,18H,5,13H2,1-4H3,(H,25,29)(H,26,30). The van der Waals surface area contributed by atoms with Crippen LogP contribution in [0.2, 0.25) is 0 Å². The Balaban J connectivity index is 1.92. The lowest BCUT2D eigenvalue weighted by Crippen LogP contribution is -2.36. The summed E-state index contributed by atoms with van der Waals surface area (Å²) in [6, 6.07) is 11.1. The molecule has 0 aliphatic rings. The molecule has 2 N–H and O–H groups in total. The smallest absolute Gasteiger partial charge is 0.316 e. The second-order valence-electron chi connectivity index (χ2n) is 7.78. The number of aryl methyl sites for hydroxylation is 1. The van der Waals surface area contributed by atoms with E-state index in [1.807, 2.05) is 0 Å². The fourth-order valence-corrected chi connectivity index (χ4v) is 3.54. The van der Waals surface area contributed by atoms with Gasteiger partial charge in [0.25, 0.3) is 5.91 Å². The van der Waals surface area contributed by atoms with Crippen molar-refractivity contribution < 1.29 is 19.1 Å². The number of amides is 1. The average Bonchev–Trinajstić information content (AvgIpc) is 2.78. The number of carbonyl (C=O) groups excluding carboxylic acids is 2. The van der Waals surface area contributed by atoms with E-state index in [2.05, 4.69) is 10.3 Å². The third kappa shape index (κ3) is 5.49. The van der Waals surface area contributed by atoms with Gasteiger partial charge in [-0.25, -0.2) is 0 Å². The monoisotopic (exact) mass is 453 g/mol. The number of carbonyl (C=O) groups is 2. The quantitative estimate of drug-likeness (QED) is 0.400. The Labute approximate surface area is 190 Å². The molecule has 3 rings (SSSR count). The van der Waals surface area contributed by atoms with Crippen molar-refractivity contribution in [1.82, 2.24) is 14.9 Å². The minimum Gasteiger partial charge on any atom is -0.497 e. The second kappa shape index (κ2) is 10.2. The van der Waals surface area contributed by atoms with Gasteiger partial charge in [0, 0.05) is 12.1 Å². The van der Waals surface area contributed by atoms with Crippen molar-refractivity contribution in [3.63, 3.8) is 0 Å². The van der Waals surface area contributed by atoms with Crippen molar-refractivity contribution in [3.8, 4) is 5.75 Å². The molecule has 9 heteroatoms. The SMILES string of the molecule is CCn1c(=O)c(=O)[nH]c2cc(C(=O)NC(CC(=O)OC(C)C)c3ccc(OC)cc3)ccc21. The Morgan fingerprint density at radius 3 is 2.39 bits per heavy atom. The van der Waals surface area contributed by atoms with Gasteiger partial charge in [-0.2, -0.15) is 0 Å². The minimum atomic E-state index is -0.755. The molecule has 0 fully saturated rings. The summed E-state index contributed by atoms with van der Waals surface area (Å²) < 4.78 is 11.8. The van der Waals surface area contributed by atoms with Gasteiger partial charge >= 0.3 is 17.1 Å². The molecular formula is C24H27N3O6. The first-order valence-corrected chi connectivity index (χ1v) is 10.6. The molecule has 0 spiro atoms. The highest BCUT2D eigenvalue weighted by Crippen LogP contribution is 2.22. The summed E-state index contributed by atoms with van der Waals surface area (Å²) in [4.78, 5) is 51.9. The molecule has 33 heavy (non-hydrogen) atoms. The number of fused-ring (bicyclic) bond motifs is 1. The van der Waals surface area contributed by atoms with Crippen molar-refractivity contribution in [2.24, 2.45) is 0 Å². The van der Waals surface area contributed by atoms with Gasteiger partial charge < -0.3 is 24.3 Å². The molecule has 0 saturated heterocycles. The summed E-state index contributed by atoms with van der Waals surface area (Å²) in [5.74, 6) is -0.236. The Kier molecular flexibility index (Phi) is 7.32. The van der Waals surface area contributed by atoms with Gasteiger partial charge in [-0.05, 0) is 56.7 Å². The van der Waals surface area contributed by atoms with Crippen LogP contribution in [0.5, 0.6) is 5.75 Å². The number of aromatic amines is 1. The van der Waals surface area contributed by atoms with Gasteiger partial charge in [0.15, 0.2) is 0 Å². The van der Waals surface area contributed by atoms with Crippen LogP contribution in [0.15, 0.2) is 52.1 Å². The minimum absolute atomic E-state index is 0.0595. The maximum absolute atomic E-state index is 13.1. The van der Waals surface area contributed by atoms with E-state index in [1.54, 1.807) is 64.3 Å². The number of nitrogens with zero attached hydrogens (tertiary/aromatic N) is 1. The van der Waals surface area contributed by atoms with Gasteiger partial charge in [-0.3, -0.25) is 19.2 Å². The van der Waals surface area contributed by atoms with Gasteiger partial charge in [-0.15, -0.1) is 0 Å². The van der Waals surface area contributed by atoms with Crippen molar-refractivity contribution in [2.45, 2.75) is 45.9 Å². The lowest BCUT2D eigenvalue weighted by atomic mass is 10.0. The molecule has 1 atom stereocenters. The van der Waals surface area contributed by atoms with E-state index in [0.717, 1.165) is 0 Å². The van der Waals surface area contributed by atoms with Crippen LogP contribution >= 0.6 is 0 Å². The Bertz CT molecular complexity index is 1270. The summed E-state index contributed by atoms with van der Waals surface area (Å²) in [6.45, 7) is 5.59. The first kappa shape index (κ1) is 23.8. The number of esters is 1. The molecule has 1 amide bonds. The summed E-state index contributed by atoms with van der Waals surface area (Å²) in [7, 11) is 1.55. The van der Waals surface area contributed by atoms with E-state index in [4.69, 9.17) is 9.47 Å². The van der Waals surface area contributed by atoms with E-state index in [9.17, 15) is 19.2 Å². The molecule has 1 heterocycles. The van der Waals surface area contributed by atoms with Gasteiger partial charge in [0.1, 0.15) is 5.75 Å². The topological polar surface area (TPSA) is 119 Å². The molecule has 1 aromatic heterocycles. The molecule has 3 aromatic rings. The number of aromatic nitrogens is 2. The molecule has 0 aliphatic heterocycles. The zero-order valence-corrected chi connectivity index (χ0v) is 19.0. The van der Waals surface area contributed by atoms with Crippen molar-refractivity contribution in [2.75, 3.05) is 7.11 Å². The fourth-order valence-electron chi connectivity index (χ4n) is 3.54. The molecular weight excluding hydrogens is 426 g/mol. The highest BCUT2D eigenvalue weighted by Gasteiger charge is 2.21. The van der Waals surface area contributed by atoms with Crippen molar-refractivity contribution >= 4 is 22.9 Å². The van der Waals surface area contributed by atoms with Crippen LogP contribution in [0, 0.1) is 0 Å². The predicted molar refractivity (Wildman–Crippen MR) is 124 cm³/mol. The van der Waals surface area contributed by atoms with Crippen LogP contribution in [0.25, 0.3) is 11.0 Å².